The van der Waals surface area contributed by atoms with Gasteiger partial charge in [-0.15, -0.1) is 0 Å². The smallest absolute Gasteiger partial charge is 0.133 e. The Morgan fingerprint density at radius 1 is 1.13 bits per heavy atom. The first kappa shape index (κ1) is 17.5. The fourth-order valence-electron chi connectivity index (χ4n) is 3.20. The van der Waals surface area contributed by atoms with Crippen LogP contribution in [0.2, 0.25) is 0 Å². The van der Waals surface area contributed by atoms with Crippen LogP contribution in [0, 0.1) is 17.3 Å². The Hall–Kier alpha value is -1.81. The van der Waals surface area contributed by atoms with Crippen molar-refractivity contribution in [2.75, 3.05) is 0 Å². The summed E-state index contributed by atoms with van der Waals surface area (Å²) in [5, 5.41) is 0. The second-order valence-electron chi connectivity index (χ2n) is 7.10. The lowest BCUT2D eigenvalue weighted by atomic mass is 9.77. The molecular weight excluding hydrogens is 280 g/mol. The van der Waals surface area contributed by atoms with Gasteiger partial charge >= 0.3 is 0 Å². The van der Waals surface area contributed by atoms with E-state index in [1.165, 1.54) is 17.6 Å². The molecule has 122 valence electrons. The van der Waals surface area contributed by atoms with Crippen LogP contribution in [0.3, 0.4) is 0 Å². The zero-order valence-electron chi connectivity index (χ0n) is 14.7. The number of carbonyl (C=O) groups is 1. The Morgan fingerprint density at radius 3 is 2.57 bits per heavy atom. The minimum Gasteiger partial charge on any atom is -0.300 e. The molecule has 1 aromatic rings. The van der Waals surface area contributed by atoms with Gasteiger partial charge in [0, 0.05) is 24.0 Å². The summed E-state index contributed by atoms with van der Waals surface area (Å²) in [6.07, 6.45) is 6.59. The van der Waals surface area contributed by atoms with Crippen LogP contribution < -0.4 is 0 Å². The van der Waals surface area contributed by atoms with E-state index in [1.807, 2.05) is 18.2 Å². The highest BCUT2D eigenvalue weighted by Gasteiger charge is 2.29. The summed E-state index contributed by atoms with van der Waals surface area (Å²) in [6.45, 7) is 6.77. The monoisotopic (exact) mass is 308 g/mol. The molecule has 0 bridgehead atoms. The number of Topliss-reactive ketones (excluding diaryl/α,β-unsaturated/α-hetero) is 1. The van der Waals surface area contributed by atoms with E-state index < -0.39 is 0 Å². The zero-order chi connectivity index (χ0) is 16.7. The largest absolute Gasteiger partial charge is 0.300 e. The number of hydrogen-bond donors (Lipinski definition) is 0. The average Bonchev–Trinajstić information content (AvgIpc) is 2.68. The Balaban J connectivity index is 2.38. The third kappa shape index (κ3) is 5.10. The molecule has 0 aliphatic heterocycles. The molecule has 0 spiro atoms. The number of ketones is 1. The van der Waals surface area contributed by atoms with Gasteiger partial charge in [-0.05, 0) is 43.2 Å². The van der Waals surface area contributed by atoms with E-state index in [4.69, 9.17) is 0 Å². The number of hydrogen-bond acceptors (Lipinski definition) is 1. The predicted octanol–water partition coefficient (Wildman–Crippen LogP) is 5.69. The second-order valence-corrected chi connectivity index (χ2v) is 7.10. The molecule has 1 aliphatic carbocycles. The lowest BCUT2D eigenvalue weighted by Gasteiger charge is -2.27. The number of carbonyl (C=O) groups excluding carboxylic acids is 1. The van der Waals surface area contributed by atoms with Crippen LogP contribution in [0.15, 0.2) is 41.5 Å². The minimum absolute atomic E-state index is 0.0839. The number of allylic oxidation sites excluding steroid dienone is 2. The van der Waals surface area contributed by atoms with Crippen LogP contribution in [0.5, 0.6) is 0 Å². The summed E-state index contributed by atoms with van der Waals surface area (Å²) < 4.78 is 0. The molecule has 1 aliphatic rings. The highest BCUT2D eigenvalue weighted by molar-refractivity contribution is 5.79. The quantitative estimate of drug-likeness (QED) is 0.517. The van der Waals surface area contributed by atoms with E-state index in [2.05, 4.69) is 44.7 Å². The number of unbranched alkanes of at least 4 members (excludes halogenated alkanes) is 1. The van der Waals surface area contributed by atoms with Gasteiger partial charge < -0.3 is 0 Å². The van der Waals surface area contributed by atoms with Crippen LogP contribution in [-0.2, 0) is 4.79 Å². The molecule has 1 saturated carbocycles. The van der Waals surface area contributed by atoms with Crippen LogP contribution in [0.1, 0.15) is 71.3 Å². The molecule has 1 aromatic carbocycles. The molecule has 1 nitrogen and oxygen atoms in total. The second kappa shape index (κ2) is 8.16. The SMILES string of the molecule is CCCC/C(C#Cc1ccccc1)=C1/CCC(=O)CCC1(C)C. The van der Waals surface area contributed by atoms with Crippen molar-refractivity contribution in [3.63, 3.8) is 0 Å². The maximum absolute atomic E-state index is 11.9. The van der Waals surface area contributed by atoms with Crippen LogP contribution in [0.25, 0.3) is 0 Å². The molecule has 0 N–H and O–H groups in total. The van der Waals surface area contributed by atoms with Crippen molar-refractivity contribution in [1.82, 2.24) is 0 Å². The summed E-state index contributed by atoms with van der Waals surface area (Å²) in [7, 11) is 0. The molecule has 0 atom stereocenters. The van der Waals surface area contributed by atoms with Gasteiger partial charge in [0.1, 0.15) is 5.78 Å². The summed E-state index contributed by atoms with van der Waals surface area (Å²) in [5.41, 5.74) is 3.83. The van der Waals surface area contributed by atoms with Crippen molar-refractivity contribution in [1.29, 1.82) is 0 Å². The highest BCUT2D eigenvalue weighted by Crippen LogP contribution is 2.40. The molecule has 0 aromatic heterocycles. The normalized spacial score (nSPS) is 19.5. The van der Waals surface area contributed by atoms with Crippen molar-refractivity contribution in [3.05, 3.63) is 47.0 Å². The molecule has 23 heavy (non-hydrogen) atoms. The molecule has 0 unspecified atom stereocenters. The third-order valence-corrected chi connectivity index (χ3v) is 4.78. The van der Waals surface area contributed by atoms with Gasteiger partial charge in [-0.2, -0.15) is 0 Å². The van der Waals surface area contributed by atoms with Gasteiger partial charge in [-0.1, -0.05) is 62.8 Å². The molecule has 0 radical (unpaired) electrons. The van der Waals surface area contributed by atoms with Crippen molar-refractivity contribution in [3.8, 4) is 11.8 Å². The Kier molecular flexibility index (Phi) is 6.22. The van der Waals surface area contributed by atoms with Gasteiger partial charge in [-0.3, -0.25) is 4.79 Å². The molecule has 0 heterocycles. The Bertz CT molecular complexity index is 623. The lowest BCUT2D eigenvalue weighted by Crippen LogP contribution is -2.15. The lowest BCUT2D eigenvalue weighted by molar-refractivity contribution is -0.119. The summed E-state index contributed by atoms with van der Waals surface area (Å²) in [5.74, 6) is 7.19. The van der Waals surface area contributed by atoms with E-state index in [-0.39, 0.29) is 5.41 Å². The fourth-order valence-corrected chi connectivity index (χ4v) is 3.20. The molecule has 1 fully saturated rings. The topological polar surface area (TPSA) is 17.1 Å². The van der Waals surface area contributed by atoms with Crippen molar-refractivity contribution < 1.29 is 4.79 Å². The average molecular weight is 308 g/mol. The van der Waals surface area contributed by atoms with Crippen molar-refractivity contribution >= 4 is 5.78 Å². The Morgan fingerprint density at radius 2 is 1.87 bits per heavy atom. The maximum Gasteiger partial charge on any atom is 0.133 e. The summed E-state index contributed by atoms with van der Waals surface area (Å²) in [4.78, 5) is 11.9. The van der Waals surface area contributed by atoms with Gasteiger partial charge in [-0.25, -0.2) is 0 Å². The highest BCUT2D eigenvalue weighted by atomic mass is 16.1. The molecule has 0 amide bonds. The van der Waals surface area contributed by atoms with Crippen molar-refractivity contribution in [2.24, 2.45) is 5.41 Å². The van der Waals surface area contributed by atoms with E-state index >= 15 is 0 Å². The van der Waals surface area contributed by atoms with Crippen molar-refractivity contribution in [2.45, 2.75) is 65.7 Å². The van der Waals surface area contributed by atoms with Gasteiger partial charge in [0.15, 0.2) is 0 Å². The number of rotatable bonds is 3. The first-order chi connectivity index (χ1) is 11.0. The van der Waals surface area contributed by atoms with E-state index in [0.29, 0.717) is 18.6 Å². The van der Waals surface area contributed by atoms with E-state index in [9.17, 15) is 4.79 Å². The zero-order valence-corrected chi connectivity index (χ0v) is 14.7. The molecular formula is C22H28O. The third-order valence-electron chi connectivity index (χ3n) is 4.78. The fraction of sp³-hybridized carbons (Fsp3) is 0.500. The molecule has 1 heteroatoms. The van der Waals surface area contributed by atoms with Crippen LogP contribution >= 0.6 is 0 Å². The minimum atomic E-state index is 0.0839. The predicted molar refractivity (Wildman–Crippen MR) is 97.1 cm³/mol. The van der Waals surface area contributed by atoms with E-state index in [1.54, 1.807) is 0 Å². The molecule has 2 rings (SSSR count). The Labute approximate surface area is 141 Å². The molecule has 0 saturated heterocycles. The first-order valence-corrected chi connectivity index (χ1v) is 8.84. The van der Waals surface area contributed by atoms with Gasteiger partial charge in [0.05, 0.1) is 0 Å². The summed E-state index contributed by atoms with van der Waals surface area (Å²) in [6, 6.07) is 10.2. The van der Waals surface area contributed by atoms with E-state index in [0.717, 1.165) is 31.2 Å². The van der Waals surface area contributed by atoms with Crippen LogP contribution in [-0.4, -0.2) is 5.78 Å². The van der Waals surface area contributed by atoms with Gasteiger partial charge in [0.2, 0.25) is 0 Å². The number of benzene rings is 1. The summed E-state index contributed by atoms with van der Waals surface area (Å²) >= 11 is 0. The maximum atomic E-state index is 11.9. The van der Waals surface area contributed by atoms with Gasteiger partial charge in [0.25, 0.3) is 0 Å². The standard InChI is InChI=1S/C22H28O/c1-4-5-11-19(13-12-18-9-7-6-8-10-18)21-15-14-20(23)16-17-22(21,2)3/h6-10H,4-5,11,14-17H2,1-3H3/b21-19+. The van der Waals surface area contributed by atoms with Crippen LogP contribution in [0.4, 0.5) is 0 Å². The first-order valence-electron chi connectivity index (χ1n) is 8.84.